The number of fused-ring (bicyclic) bond motifs is 3. The van der Waals surface area contributed by atoms with Gasteiger partial charge in [0.15, 0.2) is 6.29 Å². The molecule has 0 heterocycles. The number of aldehydes is 1. The van der Waals surface area contributed by atoms with Gasteiger partial charge in [-0.3, -0.25) is 4.79 Å². The number of hydrogen-bond acceptors (Lipinski definition) is 4. The predicted molar refractivity (Wildman–Crippen MR) is 139 cm³/mol. The highest BCUT2D eigenvalue weighted by molar-refractivity contribution is 7.99. The molecule has 4 aromatic rings. The fraction of sp³-hybridized carbons (Fsp3) is 0.103. The molecule has 1 aliphatic rings. The number of nitrogens with one attached hydrogen (secondary N) is 1. The van der Waals surface area contributed by atoms with Gasteiger partial charge in [0.2, 0.25) is 0 Å². The highest BCUT2D eigenvalue weighted by Gasteiger charge is 2.29. The summed E-state index contributed by atoms with van der Waals surface area (Å²) in [5.41, 5.74) is 6.17. The number of hydrogen-bond donors (Lipinski definition) is 1. The molecule has 35 heavy (non-hydrogen) atoms. The van der Waals surface area contributed by atoms with E-state index in [0.717, 1.165) is 21.6 Å². The van der Waals surface area contributed by atoms with Gasteiger partial charge in [0.1, 0.15) is 6.61 Å². The Bertz CT molecular complexity index is 1360. The van der Waals surface area contributed by atoms with Crippen LogP contribution >= 0.6 is 23.4 Å². The third kappa shape index (κ3) is 4.97. The van der Waals surface area contributed by atoms with Crippen molar-refractivity contribution in [1.29, 1.82) is 0 Å². The van der Waals surface area contributed by atoms with Gasteiger partial charge in [-0.2, -0.15) is 0 Å². The lowest BCUT2D eigenvalue weighted by atomic mass is 9.98. The topological polar surface area (TPSA) is 55.4 Å². The second-order valence-corrected chi connectivity index (χ2v) is 9.71. The minimum atomic E-state index is -0.490. The molecular weight excluding hydrogens is 478 g/mol. The Morgan fingerprint density at radius 2 is 1.54 bits per heavy atom. The molecule has 5 rings (SSSR count). The smallest absolute Gasteiger partial charge is 0.407 e. The molecule has 0 atom stereocenters. The average Bonchev–Trinajstić information content (AvgIpc) is 3.21. The molecule has 0 saturated carbocycles. The number of halogens is 1. The number of ether oxygens (including phenoxy) is 1. The summed E-state index contributed by atoms with van der Waals surface area (Å²) in [4.78, 5) is 25.8. The van der Waals surface area contributed by atoms with Crippen molar-refractivity contribution in [3.63, 3.8) is 0 Å². The molecule has 174 valence electrons. The van der Waals surface area contributed by atoms with E-state index in [4.69, 9.17) is 16.3 Å². The van der Waals surface area contributed by atoms with Gasteiger partial charge >= 0.3 is 6.09 Å². The van der Waals surface area contributed by atoms with E-state index in [9.17, 15) is 9.59 Å². The Labute approximate surface area is 213 Å². The van der Waals surface area contributed by atoms with Crippen molar-refractivity contribution in [2.24, 2.45) is 0 Å². The fourth-order valence-electron chi connectivity index (χ4n) is 4.39. The Kier molecular flexibility index (Phi) is 6.89. The molecular formula is C29H22ClNO3S. The average molecular weight is 500 g/mol. The van der Waals surface area contributed by atoms with Crippen molar-refractivity contribution in [1.82, 2.24) is 5.32 Å². The number of amides is 1. The summed E-state index contributed by atoms with van der Waals surface area (Å²) in [5.74, 6) is 0.00489. The lowest BCUT2D eigenvalue weighted by Crippen LogP contribution is -2.26. The summed E-state index contributed by atoms with van der Waals surface area (Å²) in [6.45, 7) is 0.506. The summed E-state index contributed by atoms with van der Waals surface area (Å²) in [6.07, 6.45) is 0.350. The van der Waals surface area contributed by atoms with Crippen LogP contribution < -0.4 is 5.32 Å². The van der Waals surface area contributed by atoms with Gasteiger partial charge in [-0.15, -0.1) is 0 Å². The maximum Gasteiger partial charge on any atom is 0.407 e. The lowest BCUT2D eigenvalue weighted by Gasteiger charge is -2.15. The van der Waals surface area contributed by atoms with Crippen molar-refractivity contribution < 1.29 is 14.3 Å². The van der Waals surface area contributed by atoms with E-state index in [1.54, 1.807) is 12.1 Å². The van der Waals surface area contributed by atoms with Crippen molar-refractivity contribution in [3.8, 4) is 11.1 Å². The van der Waals surface area contributed by atoms with Crippen LogP contribution in [-0.4, -0.2) is 19.0 Å². The first kappa shape index (κ1) is 23.2. The van der Waals surface area contributed by atoms with Crippen LogP contribution in [0.15, 0.2) is 101 Å². The van der Waals surface area contributed by atoms with Gasteiger partial charge in [-0.25, -0.2) is 4.79 Å². The summed E-state index contributed by atoms with van der Waals surface area (Å²) < 4.78 is 5.65. The standard InChI is InChI=1S/C29H22ClNO3S/c30-21-13-14-28(35-27-12-6-1-7-19(27)17-32)20(15-21)16-31-29(33)34-18-26-24-10-4-2-8-22(24)23-9-3-5-11-25(23)26/h1-15,17,26H,16,18H2,(H,31,33). The van der Waals surface area contributed by atoms with E-state index in [1.807, 2.05) is 54.6 Å². The Balaban J connectivity index is 1.26. The first-order chi connectivity index (χ1) is 17.1. The van der Waals surface area contributed by atoms with Gasteiger partial charge in [0.05, 0.1) is 0 Å². The molecule has 4 aromatic carbocycles. The van der Waals surface area contributed by atoms with E-state index in [1.165, 1.54) is 34.0 Å². The van der Waals surface area contributed by atoms with Crippen LogP contribution in [0.2, 0.25) is 5.02 Å². The Morgan fingerprint density at radius 1 is 0.886 bits per heavy atom. The molecule has 6 heteroatoms. The Morgan fingerprint density at radius 3 is 2.26 bits per heavy atom. The number of rotatable bonds is 7. The van der Waals surface area contributed by atoms with Gasteiger partial charge in [-0.1, -0.05) is 90.1 Å². The molecule has 0 unspecified atom stereocenters. The molecule has 0 saturated heterocycles. The normalized spacial score (nSPS) is 12.0. The predicted octanol–water partition coefficient (Wildman–Crippen LogP) is 7.34. The van der Waals surface area contributed by atoms with Gasteiger partial charge in [-0.05, 0) is 52.1 Å². The molecule has 0 radical (unpaired) electrons. The highest BCUT2D eigenvalue weighted by atomic mass is 35.5. The van der Waals surface area contributed by atoms with E-state index in [-0.39, 0.29) is 19.1 Å². The van der Waals surface area contributed by atoms with Crippen molar-refractivity contribution in [3.05, 3.63) is 118 Å². The first-order valence-electron chi connectivity index (χ1n) is 11.2. The SMILES string of the molecule is O=Cc1ccccc1Sc1ccc(Cl)cc1CNC(=O)OCC1c2ccccc2-c2ccccc21. The fourth-order valence-corrected chi connectivity index (χ4v) is 5.60. The lowest BCUT2D eigenvalue weighted by molar-refractivity contribution is 0.112. The third-order valence-electron chi connectivity index (χ3n) is 6.06. The van der Waals surface area contributed by atoms with Crippen LogP contribution in [-0.2, 0) is 11.3 Å². The zero-order valence-electron chi connectivity index (χ0n) is 18.7. The quantitative estimate of drug-likeness (QED) is 0.270. The van der Waals surface area contributed by atoms with Gasteiger partial charge in [0.25, 0.3) is 0 Å². The third-order valence-corrected chi connectivity index (χ3v) is 7.50. The van der Waals surface area contributed by atoms with E-state index >= 15 is 0 Å². The second kappa shape index (κ2) is 10.4. The first-order valence-corrected chi connectivity index (χ1v) is 12.4. The van der Waals surface area contributed by atoms with Crippen LogP contribution in [0.3, 0.4) is 0 Å². The summed E-state index contributed by atoms with van der Waals surface area (Å²) in [7, 11) is 0. The number of carbonyl (C=O) groups is 2. The largest absolute Gasteiger partial charge is 0.449 e. The van der Waals surface area contributed by atoms with Crippen LogP contribution in [0.1, 0.15) is 33.0 Å². The van der Waals surface area contributed by atoms with E-state index in [2.05, 4.69) is 29.6 Å². The number of alkyl carbamates (subject to hydrolysis) is 1. The molecule has 1 N–H and O–H groups in total. The number of carbonyl (C=O) groups excluding carboxylic acids is 2. The monoisotopic (exact) mass is 499 g/mol. The number of benzene rings is 4. The van der Waals surface area contributed by atoms with Crippen molar-refractivity contribution in [2.45, 2.75) is 22.3 Å². The zero-order chi connectivity index (χ0) is 24.2. The zero-order valence-corrected chi connectivity index (χ0v) is 20.3. The molecule has 0 fully saturated rings. The van der Waals surface area contributed by atoms with Gasteiger partial charge < -0.3 is 10.1 Å². The molecule has 0 bridgehead atoms. The van der Waals surface area contributed by atoms with Crippen LogP contribution in [0.4, 0.5) is 4.79 Å². The second-order valence-electron chi connectivity index (χ2n) is 8.19. The van der Waals surface area contributed by atoms with Gasteiger partial charge in [0, 0.05) is 32.8 Å². The molecule has 0 aliphatic heterocycles. The maximum absolute atomic E-state index is 12.6. The molecule has 0 aromatic heterocycles. The molecule has 0 spiro atoms. The van der Waals surface area contributed by atoms with Crippen molar-refractivity contribution in [2.75, 3.05) is 6.61 Å². The highest BCUT2D eigenvalue weighted by Crippen LogP contribution is 2.44. The van der Waals surface area contributed by atoms with Crippen LogP contribution in [0.5, 0.6) is 0 Å². The van der Waals surface area contributed by atoms with E-state index in [0.29, 0.717) is 10.6 Å². The summed E-state index contributed by atoms with van der Waals surface area (Å²) in [5, 5.41) is 3.42. The molecule has 1 aliphatic carbocycles. The maximum atomic E-state index is 12.6. The van der Waals surface area contributed by atoms with E-state index < -0.39 is 6.09 Å². The summed E-state index contributed by atoms with van der Waals surface area (Å²) >= 11 is 7.69. The van der Waals surface area contributed by atoms with Crippen LogP contribution in [0, 0.1) is 0 Å². The Hall–Kier alpha value is -3.54. The molecule has 4 nitrogen and oxygen atoms in total. The minimum absolute atomic E-state index is 0.00489. The minimum Gasteiger partial charge on any atom is -0.449 e. The van der Waals surface area contributed by atoms with Crippen LogP contribution in [0.25, 0.3) is 11.1 Å². The van der Waals surface area contributed by atoms with Crippen molar-refractivity contribution >= 4 is 35.7 Å². The molecule has 1 amide bonds. The summed E-state index contributed by atoms with van der Waals surface area (Å²) in [6, 6.07) is 29.4.